The molecule has 1 saturated heterocycles. The summed E-state index contributed by atoms with van der Waals surface area (Å²) in [7, 11) is 0. The number of nitrogens with one attached hydrogen (secondary N) is 1. The second kappa shape index (κ2) is 9.65. The van der Waals surface area contributed by atoms with Crippen LogP contribution in [0.4, 0.5) is 0 Å². The van der Waals surface area contributed by atoms with E-state index < -0.39 is 0 Å². The molecule has 1 aliphatic heterocycles. The van der Waals surface area contributed by atoms with Gasteiger partial charge in [0.15, 0.2) is 0 Å². The second-order valence-corrected chi connectivity index (χ2v) is 7.23. The predicted octanol–water partition coefficient (Wildman–Crippen LogP) is 2.61. The molecule has 2 aromatic carbocycles. The number of hydrogen-bond donors (Lipinski definition) is 2. The summed E-state index contributed by atoms with van der Waals surface area (Å²) < 4.78 is 5.60. The van der Waals surface area contributed by atoms with E-state index in [0.29, 0.717) is 6.54 Å². The molecule has 0 aliphatic carbocycles. The Labute approximate surface area is 161 Å². The highest BCUT2D eigenvalue weighted by Crippen LogP contribution is 2.14. The zero-order chi connectivity index (χ0) is 19.1. The highest BCUT2D eigenvalue weighted by Gasteiger charge is 2.16. The van der Waals surface area contributed by atoms with Crippen LogP contribution in [0, 0.1) is 0 Å². The van der Waals surface area contributed by atoms with Crippen LogP contribution in [-0.2, 0) is 22.6 Å². The zero-order valence-electron chi connectivity index (χ0n) is 15.9. The van der Waals surface area contributed by atoms with E-state index in [1.54, 1.807) is 0 Å². The molecule has 0 aromatic heterocycles. The Hall–Kier alpha value is -2.21. The molecule has 1 aliphatic rings. The Morgan fingerprint density at radius 1 is 1.22 bits per heavy atom. The average molecular weight is 367 g/mol. The molecular formula is C22H29N3O2. The molecule has 1 heterocycles. The Morgan fingerprint density at radius 3 is 2.78 bits per heavy atom. The number of benzene rings is 2. The maximum absolute atomic E-state index is 12.2. The summed E-state index contributed by atoms with van der Waals surface area (Å²) in [4.78, 5) is 14.6. The summed E-state index contributed by atoms with van der Waals surface area (Å²) in [5.74, 6) is -0.0289. The summed E-state index contributed by atoms with van der Waals surface area (Å²) in [6, 6.07) is 17.8. The van der Waals surface area contributed by atoms with E-state index in [1.165, 1.54) is 5.56 Å². The number of ether oxygens (including phenoxy) is 1. The van der Waals surface area contributed by atoms with E-state index in [9.17, 15) is 4.79 Å². The molecule has 1 amide bonds. The van der Waals surface area contributed by atoms with Gasteiger partial charge in [-0.25, -0.2) is 0 Å². The molecule has 0 saturated carbocycles. The lowest BCUT2D eigenvalue weighted by Crippen LogP contribution is -2.40. The minimum atomic E-state index is -0.277. The summed E-state index contributed by atoms with van der Waals surface area (Å²) in [5.41, 5.74) is 9.48. The lowest BCUT2D eigenvalue weighted by Gasteiger charge is -2.31. The average Bonchev–Trinajstić information content (AvgIpc) is 2.67. The van der Waals surface area contributed by atoms with Crippen molar-refractivity contribution in [2.75, 3.05) is 19.7 Å². The minimum Gasteiger partial charge on any atom is -0.376 e. The van der Waals surface area contributed by atoms with E-state index >= 15 is 0 Å². The van der Waals surface area contributed by atoms with Crippen LogP contribution in [-0.4, -0.2) is 36.6 Å². The Bertz CT molecular complexity index is 735. The minimum absolute atomic E-state index is 0.0289. The van der Waals surface area contributed by atoms with Crippen LogP contribution in [0.1, 0.15) is 36.1 Å². The molecule has 144 valence electrons. The zero-order valence-corrected chi connectivity index (χ0v) is 15.9. The maximum Gasteiger partial charge on any atom is 0.222 e. The monoisotopic (exact) mass is 367 g/mol. The number of carbonyl (C=O) groups excluding carboxylic acids is 1. The van der Waals surface area contributed by atoms with Gasteiger partial charge in [0.05, 0.1) is 12.7 Å². The van der Waals surface area contributed by atoms with Gasteiger partial charge >= 0.3 is 0 Å². The number of morpholine rings is 1. The molecule has 3 rings (SSSR count). The number of hydrogen-bond acceptors (Lipinski definition) is 4. The number of rotatable bonds is 7. The molecular weight excluding hydrogens is 338 g/mol. The fourth-order valence-electron chi connectivity index (χ4n) is 3.42. The molecule has 0 bridgehead atoms. The highest BCUT2D eigenvalue weighted by molar-refractivity contribution is 5.76. The molecule has 2 aromatic rings. The largest absolute Gasteiger partial charge is 0.376 e. The molecule has 27 heavy (non-hydrogen) atoms. The van der Waals surface area contributed by atoms with Crippen molar-refractivity contribution in [1.82, 2.24) is 10.2 Å². The molecule has 3 N–H and O–H groups in total. The topological polar surface area (TPSA) is 67.6 Å². The van der Waals surface area contributed by atoms with Crippen molar-refractivity contribution in [2.45, 2.75) is 38.6 Å². The molecule has 2 atom stereocenters. The van der Waals surface area contributed by atoms with Crippen LogP contribution in [0.25, 0.3) is 0 Å². The first-order chi connectivity index (χ1) is 13.1. The summed E-state index contributed by atoms with van der Waals surface area (Å²) in [6.07, 6.45) is 0.574. The van der Waals surface area contributed by atoms with E-state index in [1.807, 2.05) is 36.4 Å². The van der Waals surface area contributed by atoms with Gasteiger partial charge in [-0.1, -0.05) is 54.6 Å². The van der Waals surface area contributed by atoms with Crippen molar-refractivity contribution in [1.29, 1.82) is 0 Å². The van der Waals surface area contributed by atoms with Crippen molar-refractivity contribution < 1.29 is 9.53 Å². The van der Waals surface area contributed by atoms with Gasteiger partial charge in [0.25, 0.3) is 0 Å². The smallest absolute Gasteiger partial charge is 0.222 e. The second-order valence-electron chi connectivity index (χ2n) is 7.23. The Kier molecular flexibility index (Phi) is 6.98. The van der Waals surface area contributed by atoms with Crippen molar-refractivity contribution in [3.63, 3.8) is 0 Å². The quantitative estimate of drug-likeness (QED) is 0.789. The van der Waals surface area contributed by atoms with Crippen molar-refractivity contribution >= 4 is 5.91 Å². The molecule has 2 unspecified atom stereocenters. The fourth-order valence-corrected chi connectivity index (χ4v) is 3.42. The van der Waals surface area contributed by atoms with Gasteiger partial charge in [-0.05, 0) is 23.6 Å². The summed E-state index contributed by atoms with van der Waals surface area (Å²) >= 11 is 0. The third-order valence-electron chi connectivity index (χ3n) is 4.85. The van der Waals surface area contributed by atoms with Gasteiger partial charge in [-0.3, -0.25) is 9.69 Å². The molecule has 1 fully saturated rings. The normalized spacial score (nSPS) is 18.8. The lowest BCUT2D eigenvalue weighted by molar-refractivity contribution is -0.121. The van der Waals surface area contributed by atoms with E-state index in [-0.39, 0.29) is 24.5 Å². The van der Waals surface area contributed by atoms with Gasteiger partial charge in [-0.15, -0.1) is 0 Å². The number of nitrogens with two attached hydrogens (primary N) is 1. The Morgan fingerprint density at radius 2 is 2.00 bits per heavy atom. The van der Waals surface area contributed by atoms with Crippen LogP contribution < -0.4 is 11.1 Å². The molecule has 0 radical (unpaired) electrons. The van der Waals surface area contributed by atoms with Crippen molar-refractivity contribution in [3.05, 3.63) is 71.3 Å². The van der Waals surface area contributed by atoms with Crippen LogP contribution in [0.2, 0.25) is 0 Å². The van der Waals surface area contributed by atoms with Crippen molar-refractivity contribution in [2.24, 2.45) is 5.73 Å². The van der Waals surface area contributed by atoms with E-state index in [2.05, 4.69) is 35.3 Å². The standard InChI is InChI=1S/C22H29N3O2/c1-17-15-25(10-11-27-17)16-19-7-5-6-18(12-19)14-24-22(26)13-21(23)20-8-3-2-4-9-20/h2-9,12,17,21H,10-11,13-16,23H2,1H3,(H,24,26). The number of carbonyl (C=O) groups is 1. The van der Waals surface area contributed by atoms with Crippen molar-refractivity contribution in [3.8, 4) is 0 Å². The highest BCUT2D eigenvalue weighted by atomic mass is 16.5. The first kappa shape index (κ1) is 19.5. The van der Waals surface area contributed by atoms with Gasteiger partial charge in [-0.2, -0.15) is 0 Å². The van der Waals surface area contributed by atoms with Gasteiger partial charge < -0.3 is 15.8 Å². The Balaban J connectivity index is 1.48. The van der Waals surface area contributed by atoms with Crippen LogP contribution in [0.5, 0.6) is 0 Å². The first-order valence-electron chi connectivity index (χ1n) is 9.59. The third-order valence-corrected chi connectivity index (χ3v) is 4.85. The molecule has 5 heteroatoms. The summed E-state index contributed by atoms with van der Waals surface area (Å²) in [6.45, 7) is 6.25. The predicted molar refractivity (Wildman–Crippen MR) is 107 cm³/mol. The summed E-state index contributed by atoms with van der Waals surface area (Å²) in [5, 5.41) is 2.98. The number of nitrogens with zero attached hydrogens (tertiary/aromatic N) is 1. The van der Waals surface area contributed by atoms with Gasteiger partial charge in [0, 0.05) is 38.6 Å². The van der Waals surface area contributed by atoms with E-state index in [0.717, 1.165) is 37.4 Å². The molecule has 5 nitrogen and oxygen atoms in total. The van der Waals surface area contributed by atoms with E-state index in [4.69, 9.17) is 10.5 Å². The van der Waals surface area contributed by atoms with Crippen LogP contribution >= 0.6 is 0 Å². The first-order valence-corrected chi connectivity index (χ1v) is 9.59. The number of amides is 1. The van der Waals surface area contributed by atoms with Crippen LogP contribution in [0.3, 0.4) is 0 Å². The SMILES string of the molecule is CC1CN(Cc2cccc(CNC(=O)CC(N)c3ccccc3)c2)CCO1. The fraction of sp³-hybridized carbons (Fsp3) is 0.409. The van der Waals surface area contributed by atoms with Gasteiger partial charge in [0.1, 0.15) is 0 Å². The molecule has 0 spiro atoms. The maximum atomic E-state index is 12.2. The van der Waals surface area contributed by atoms with Gasteiger partial charge in [0.2, 0.25) is 5.91 Å². The lowest BCUT2D eigenvalue weighted by atomic mass is 10.0. The third kappa shape index (κ3) is 6.17. The van der Waals surface area contributed by atoms with Crippen LogP contribution in [0.15, 0.2) is 54.6 Å².